The summed E-state index contributed by atoms with van der Waals surface area (Å²) in [5.41, 5.74) is -1.59. The van der Waals surface area contributed by atoms with Gasteiger partial charge in [-0.2, -0.15) is 0 Å². The third kappa shape index (κ3) is 4.40. The summed E-state index contributed by atoms with van der Waals surface area (Å²) in [5, 5.41) is 2.78. The first-order chi connectivity index (χ1) is 12.6. The number of nitrogens with zero attached hydrogens (tertiary/aromatic N) is 1. The van der Waals surface area contributed by atoms with Gasteiger partial charge in [0.15, 0.2) is 0 Å². The third-order valence-corrected chi connectivity index (χ3v) is 4.56. The second-order valence-electron chi connectivity index (χ2n) is 7.76. The van der Waals surface area contributed by atoms with Crippen LogP contribution in [0.1, 0.15) is 46.1 Å². The lowest BCUT2D eigenvalue weighted by atomic mass is 9.94. The molecule has 2 rings (SSSR count). The summed E-state index contributed by atoms with van der Waals surface area (Å²) < 4.78 is 10.4. The van der Waals surface area contributed by atoms with E-state index >= 15 is 0 Å². The van der Waals surface area contributed by atoms with Crippen molar-refractivity contribution in [3.63, 3.8) is 0 Å². The Balaban J connectivity index is 2.31. The largest absolute Gasteiger partial charge is 0.467 e. The summed E-state index contributed by atoms with van der Waals surface area (Å²) in [5.74, 6) is -1.32. The lowest BCUT2D eigenvalue weighted by Gasteiger charge is -2.37. The summed E-state index contributed by atoms with van der Waals surface area (Å²) in [7, 11) is 1.21. The molecule has 1 saturated heterocycles. The molecule has 1 aromatic rings. The van der Waals surface area contributed by atoms with Gasteiger partial charge in [0.2, 0.25) is 5.54 Å². The highest BCUT2D eigenvalue weighted by molar-refractivity contribution is 6.10. The van der Waals surface area contributed by atoms with Gasteiger partial charge in [-0.05, 0) is 46.1 Å². The molecule has 2 unspecified atom stereocenters. The van der Waals surface area contributed by atoms with Crippen molar-refractivity contribution >= 4 is 18.0 Å². The molecule has 7 nitrogen and oxygen atoms in total. The van der Waals surface area contributed by atoms with Crippen molar-refractivity contribution in [3.8, 4) is 0 Å². The van der Waals surface area contributed by atoms with Crippen LogP contribution in [0.4, 0.5) is 4.79 Å². The first-order valence-corrected chi connectivity index (χ1v) is 9.05. The molecule has 27 heavy (non-hydrogen) atoms. The normalized spacial score (nSPS) is 22.3. The number of carbonyl (C=O) groups is 3. The van der Waals surface area contributed by atoms with E-state index in [2.05, 4.69) is 5.32 Å². The average Bonchev–Trinajstić information content (AvgIpc) is 2.97. The Hall–Kier alpha value is -2.57. The Morgan fingerprint density at radius 2 is 1.85 bits per heavy atom. The zero-order valence-electron chi connectivity index (χ0n) is 16.6. The zero-order valence-corrected chi connectivity index (χ0v) is 16.6. The van der Waals surface area contributed by atoms with E-state index in [0.29, 0.717) is 6.42 Å². The van der Waals surface area contributed by atoms with Crippen LogP contribution in [0.5, 0.6) is 0 Å². The Morgan fingerprint density at radius 1 is 1.22 bits per heavy atom. The maximum Gasteiger partial charge on any atom is 0.411 e. The van der Waals surface area contributed by atoms with Gasteiger partial charge in [0.25, 0.3) is 5.91 Å². The van der Waals surface area contributed by atoms with E-state index in [-0.39, 0.29) is 19.0 Å². The lowest BCUT2D eigenvalue weighted by Crippen LogP contribution is -2.64. The molecule has 1 aliphatic rings. The van der Waals surface area contributed by atoms with E-state index in [9.17, 15) is 14.4 Å². The molecule has 0 aromatic heterocycles. The molecule has 0 spiro atoms. The number of hydrogen-bond donors (Lipinski definition) is 1. The Bertz CT molecular complexity index is 698. The highest BCUT2D eigenvalue weighted by atomic mass is 16.6. The van der Waals surface area contributed by atoms with Crippen LogP contribution in [0.3, 0.4) is 0 Å². The molecular weight excluding hydrogens is 348 g/mol. The SMILES string of the molecule is COC(=O)C1(C(=O)NCc2ccccc2)CCC(C)N1C(=O)OC(C)(C)C. The molecule has 0 saturated carbocycles. The molecule has 7 heteroatoms. The zero-order chi connectivity index (χ0) is 20.2. The van der Waals surface area contributed by atoms with Crippen molar-refractivity contribution in [1.29, 1.82) is 0 Å². The fourth-order valence-corrected chi connectivity index (χ4v) is 3.30. The molecule has 0 aliphatic carbocycles. The smallest absolute Gasteiger partial charge is 0.411 e. The number of likely N-dealkylation sites (tertiary alicyclic amines) is 1. The molecule has 1 aliphatic heterocycles. The van der Waals surface area contributed by atoms with Crippen LogP contribution >= 0.6 is 0 Å². The van der Waals surface area contributed by atoms with Gasteiger partial charge in [0, 0.05) is 12.6 Å². The first kappa shape index (κ1) is 20.7. The van der Waals surface area contributed by atoms with Crippen LogP contribution in [0, 0.1) is 0 Å². The van der Waals surface area contributed by atoms with Gasteiger partial charge in [-0.1, -0.05) is 30.3 Å². The number of amides is 2. The van der Waals surface area contributed by atoms with Crippen molar-refractivity contribution < 1.29 is 23.9 Å². The van der Waals surface area contributed by atoms with Gasteiger partial charge in [-0.25, -0.2) is 9.59 Å². The van der Waals surface area contributed by atoms with Crippen LogP contribution in [0.2, 0.25) is 0 Å². The molecule has 0 bridgehead atoms. The summed E-state index contributed by atoms with van der Waals surface area (Å²) in [6.07, 6.45) is -0.0267. The molecule has 1 heterocycles. The highest BCUT2D eigenvalue weighted by Crippen LogP contribution is 2.37. The first-order valence-electron chi connectivity index (χ1n) is 9.05. The van der Waals surface area contributed by atoms with Crippen LogP contribution in [-0.2, 0) is 25.6 Å². The molecule has 1 aromatic carbocycles. The van der Waals surface area contributed by atoms with Crippen molar-refractivity contribution in [3.05, 3.63) is 35.9 Å². The Labute approximate surface area is 160 Å². The third-order valence-electron chi connectivity index (χ3n) is 4.56. The highest BCUT2D eigenvalue weighted by Gasteiger charge is 2.60. The maximum absolute atomic E-state index is 13.1. The van der Waals surface area contributed by atoms with Gasteiger partial charge in [-0.3, -0.25) is 9.69 Å². The average molecular weight is 376 g/mol. The monoisotopic (exact) mass is 376 g/mol. The minimum Gasteiger partial charge on any atom is -0.467 e. The summed E-state index contributed by atoms with van der Waals surface area (Å²) >= 11 is 0. The topological polar surface area (TPSA) is 84.9 Å². The number of methoxy groups -OCH3 is 1. The van der Waals surface area contributed by atoms with E-state index in [1.165, 1.54) is 12.0 Å². The standard InChI is InChI=1S/C20H28N2O5/c1-14-11-12-20(17(24)26-5,22(14)18(25)27-19(2,3)4)16(23)21-13-15-9-7-6-8-10-15/h6-10,14H,11-13H2,1-5H3,(H,21,23). The van der Waals surface area contributed by atoms with Gasteiger partial charge in [0.05, 0.1) is 7.11 Å². The fourth-order valence-electron chi connectivity index (χ4n) is 3.30. The van der Waals surface area contributed by atoms with Gasteiger partial charge in [0.1, 0.15) is 5.60 Å². The van der Waals surface area contributed by atoms with Crippen molar-refractivity contribution in [2.24, 2.45) is 0 Å². The van der Waals surface area contributed by atoms with Crippen LogP contribution < -0.4 is 5.32 Å². The predicted molar refractivity (Wildman–Crippen MR) is 99.8 cm³/mol. The van der Waals surface area contributed by atoms with E-state index in [1.54, 1.807) is 27.7 Å². The Kier molecular flexibility index (Phi) is 6.13. The van der Waals surface area contributed by atoms with Crippen LogP contribution in [-0.4, -0.2) is 47.2 Å². The minimum absolute atomic E-state index is 0.181. The van der Waals surface area contributed by atoms with E-state index in [0.717, 1.165) is 5.56 Å². The van der Waals surface area contributed by atoms with Crippen LogP contribution in [0.15, 0.2) is 30.3 Å². The number of nitrogens with one attached hydrogen (secondary N) is 1. The van der Waals surface area contributed by atoms with Gasteiger partial charge < -0.3 is 14.8 Å². The molecule has 2 amide bonds. The van der Waals surface area contributed by atoms with Crippen molar-refractivity contribution in [2.75, 3.05) is 7.11 Å². The van der Waals surface area contributed by atoms with E-state index in [1.807, 2.05) is 30.3 Å². The predicted octanol–water partition coefficient (Wildman–Crippen LogP) is 2.63. The molecular formula is C20H28N2O5. The minimum atomic E-state index is -1.73. The van der Waals surface area contributed by atoms with Crippen molar-refractivity contribution in [1.82, 2.24) is 10.2 Å². The molecule has 1 fully saturated rings. The van der Waals surface area contributed by atoms with Gasteiger partial charge >= 0.3 is 12.1 Å². The number of rotatable bonds is 4. The molecule has 0 radical (unpaired) electrons. The van der Waals surface area contributed by atoms with Crippen molar-refractivity contribution in [2.45, 2.75) is 64.3 Å². The van der Waals surface area contributed by atoms with Gasteiger partial charge in [-0.15, -0.1) is 0 Å². The second kappa shape index (κ2) is 7.98. The summed E-state index contributed by atoms with van der Waals surface area (Å²) in [6.45, 7) is 7.25. The summed E-state index contributed by atoms with van der Waals surface area (Å²) in [6, 6.07) is 9.01. The quantitative estimate of drug-likeness (QED) is 0.645. The Morgan fingerprint density at radius 3 is 2.41 bits per heavy atom. The maximum atomic E-state index is 13.1. The molecule has 2 atom stereocenters. The second-order valence-corrected chi connectivity index (χ2v) is 7.76. The van der Waals surface area contributed by atoms with E-state index in [4.69, 9.17) is 9.47 Å². The number of benzene rings is 1. The number of esters is 1. The number of hydrogen-bond acceptors (Lipinski definition) is 5. The number of ether oxygens (including phenoxy) is 2. The summed E-state index contributed by atoms with van der Waals surface area (Å²) in [4.78, 5) is 39.8. The lowest BCUT2D eigenvalue weighted by molar-refractivity contribution is -0.160. The molecule has 148 valence electrons. The number of carbonyl (C=O) groups excluding carboxylic acids is 3. The van der Waals surface area contributed by atoms with Crippen LogP contribution in [0.25, 0.3) is 0 Å². The van der Waals surface area contributed by atoms with E-state index < -0.39 is 29.1 Å². The fraction of sp³-hybridized carbons (Fsp3) is 0.550. The molecule has 1 N–H and O–H groups in total.